The molecule has 6 nitrogen and oxygen atoms in total. The number of nitrogens with one attached hydrogen (secondary N) is 1. The Bertz CT molecular complexity index is 792. The second-order valence-corrected chi connectivity index (χ2v) is 6.58. The molecule has 0 spiro atoms. The van der Waals surface area contributed by atoms with Crippen LogP contribution < -0.4 is 14.8 Å². The minimum atomic E-state index is -2.94. The standard InChI is InChI=1S/C18H21F2N3O3S/c1-4-12(5-2)16-22-23-18(27-16)21-15(24)9-7-11-6-8-13(26-17(19)20)14(10-11)25-3/h6-10,12,17H,4-5H2,1-3H3,(H,21,23,24). The summed E-state index contributed by atoms with van der Waals surface area (Å²) < 4.78 is 34.1. The summed E-state index contributed by atoms with van der Waals surface area (Å²) in [6, 6.07) is 4.40. The van der Waals surface area contributed by atoms with E-state index in [1.807, 2.05) is 0 Å². The van der Waals surface area contributed by atoms with Gasteiger partial charge in [0, 0.05) is 12.0 Å². The van der Waals surface area contributed by atoms with E-state index in [2.05, 4.69) is 34.1 Å². The number of carbonyl (C=O) groups excluding carboxylic acids is 1. The SMILES string of the molecule is CCC(CC)c1nnc(NC(=O)C=Cc2ccc(OC(F)F)c(OC)c2)s1. The zero-order valence-corrected chi connectivity index (χ0v) is 16.1. The number of carbonyl (C=O) groups is 1. The van der Waals surface area contributed by atoms with Crippen molar-refractivity contribution in [3.8, 4) is 11.5 Å². The summed E-state index contributed by atoms with van der Waals surface area (Å²) in [6.07, 6.45) is 4.78. The molecule has 9 heteroatoms. The van der Waals surface area contributed by atoms with Crippen LogP contribution in [0.2, 0.25) is 0 Å². The molecule has 1 aromatic heterocycles. The number of hydrogen-bond acceptors (Lipinski definition) is 6. The fraction of sp³-hybridized carbons (Fsp3) is 0.389. The van der Waals surface area contributed by atoms with Gasteiger partial charge in [0.15, 0.2) is 11.5 Å². The van der Waals surface area contributed by atoms with Crippen LogP contribution in [0.15, 0.2) is 24.3 Å². The van der Waals surface area contributed by atoms with E-state index in [-0.39, 0.29) is 17.4 Å². The van der Waals surface area contributed by atoms with Crippen molar-refractivity contribution in [3.63, 3.8) is 0 Å². The Hall–Kier alpha value is -2.55. The van der Waals surface area contributed by atoms with Gasteiger partial charge in [-0.15, -0.1) is 10.2 Å². The first-order valence-electron chi connectivity index (χ1n) is 8.42. The number of rotatable bonds is 9. The third kappa shape index (κ3) is 5.99. The summed E-state index contributed by atoms with van der Waals surface area (Å²) >= 11 is 1.36. The van der Waals surface area contributed by atoms with Crippen LogP contribution in [-0.2, 0) is 4.79 Å². The molecule has 146 valence electrons. The monoisotopic (exact) mass is 397 g/mol. The maximum Gasteiger partial charge on any atom is 0.387 e. The van der Waals surface area contributed by atoms with Crippen molar-refractivity contribution in [2.24, 2.45) is 0 Å². The van der Waals surface area contributed by atoms with Crippen LogP contribution in [0.1, 0.15) is 43.2 Å². The van der Waals surface area contributed by atoms with Gasteiger partial charge in [0.1, 0.15) is 5.01 Å². The van der Waals surface area contributed by atoms with Crippen molar-refractivity contribution in [2.75, 3.05) is 12.4 Å². The van der Waals surface area contributed by atoms with Crippen molar-refractivity contribution >= 4 is 28.5 Å². The molecule has 0 aliphatic heterocycles. The third-order valence-corrected chi connectivity index (χ3v) is 4.84. The lowest BCUT2D eigenvalue weighted by Gasteiger charge is -2.10. The normalized spacial score (nSPS) is 11.4. The molecular formula is C18H21F2N3O3S. The topological polar surface area (TPSA) is 73.3 Å². The Labute approximate surface area is 160 Å². The summed E-state index contributed by atoms with van der Waals surface area (Å²) in [7, 11) is 1.35. The zero-order chi connectivity index (χ0) is 19.8. The van der Waals surface area contributed by atoms with Crippen LogP contribution in [0.25, 0.3) is 6.08 Å². The number of alkyl halides is 2. The van der Waals surface area contributed by atoms with Gasteiger partial charge in [0.25, 0.3) is 0 Å². The van der Waals surface area contributed by atoms with Gasteiger partial charge in [0.2, 0.25) is 11.0 Å². The lowest BCUT2D eigenvalue weighted by Crippen LogP contribution is -2.07. The van der Waals surface area contributed by atoms with Crippen molar-refractivity contribution < 1.29 is 23.0 Å². The second-order valence-electron chi connectivity index (χ2n) is 5.57. The third-order valence-electron chi connectivity index (χ3n) is 3.84. The molecule has 0 bridgehead atoms. The summed E-state index contributed by atoms with van der Waals surface area (Å²) in [4.78, 5) is 12.1. The van der Waals surface area contributed by atoms with Gasteiger partial charge in [-0.05, 0) is 36.6 Å². The molecule has 0 unspecified atom stereocenters. The average molecular weight is 397 g/mol. The molecule has 1 N–H and O–H groups in total. The lowest BCUT2D eigenvalue weighted by molar-refractivity contribution is -0.111. The predicted octanol–water partition coefficient (Wildman–Crippen LogP) is 4.70. The Morgan fingerprint density at radius 3 is 2.63 bits per heavy atom. The molecule has 27 heavy (non-hydrogen) atoms. The van der Waals surface area contributed by atoms with E-state index in [4.69, 9.17) is 4.74 Å². The van der Waals surface area contributed by atoms with E-state index < -0.39 is 6.61 Å². The van der Waals surface area contributed by atoms with Crippen LogP contribution >= 0.6 is 11.3 Å². The Kier molecular flexibility index (Phi) is 7.66. The molecule has 1 heterocycles. The molecule has 2 rings (SSSR count). The zero-order valence-electron chi connectivity index (χ0n) is 15.2. The molecule has 1 aromatic carbocycles. The van der Waals surface area contributed by atoms with E-state index in [1.54, 1.807) is 6.07 Å². The van der Waals surface area contributed by atoms with Crippen molar-refractivity contribution in [2.45, 2.75) is 39.2 Å². The molecule has 0 saturated carbocycles. The summed E-state index contributed by atoms with van der Waals surface area (Å²) in [5.41, 5.74) is 0.596. The van der Waals surface area contributed by atoms with Gasteiger partial charge >= 0.3 is 6.61 Å². The van der Waals surface area contributed by atoms with Gasteiger partial charge in [-0.1, -0.05) is 31.3 Å². The van der Waals surface area contributed by atoms with Gasteiger partial charge in [-0.3, -0.25) is 10.1 Å². The predicted molar refractivity (Wildman–Crippen MR) is 101 cm³/mol. The fourth-order valence-electron chi connectivity index (χ4n) is 2.39. The average Bonchev–Trinajstić information content (AvgIpc) is 3.09. The van der Waals surface area contributed by atoms with Crippen molar-refractivity contribution in [1.82, 2.24) is 10.2 Å². The number of aromatic nitrogens is 2. The molecule has 0 aliphatic rings. The Morgan fingerprint density at radius 1 is 1.26 bits per heavy atom. The van der Waals surface area contributed by atoms with E-state index in [9.17, 15) is 13.6 Å². The van der Waals surface area contributed by atoms with E-state index in [0.717, 1.165) is 17.8 Å². The highest BCUT2D eigenvalue weighted by atomic mass is 32.1. The van der Waals surface area contributed by atoms with E-state index in [0.29, 0.717) is 16.6 Å². The van der Waals surface area contributed by atoms with Gasteiger partial charge in [-0.2, -0.15) is 8.78 Å². The number of nitrogens with zero attached hydrogens (tertiary/aromatic N) is 2. The smallest absolute Gasteiger partial charge is 0.387 e. The molecule has 0 aliphatic carbocycles. The van der Waals surface area contributed by atoms with Crippen LogP contribution in [0.4, 0.5) is 13.9 Å². The molecule has 0 atom stereocenters. The number of methoxy groups -OCH3 is 1. The first-order valence-corrected chi connectivity index (χ1v) is 9.23. The van der Waals surface area contributed by atoms with Crippen LogP contribution in [0.5, 0.6) is 11.5 Å². The van der Waals surface area contributed by atoms with Gasteiger partial charge in [-0.25, -0.2) is 0 Å². The van der Waals surface area contributed by atoms with Crippen LogP contribution in [0, 0.1) is 0 Å². The number of hydrogen-bond donors (Lipinski definition) is 1. The van der Waals surface area contributed by atoms with E-state index >= 15 is 0 Å². The van der Waals surface area contributed by atoms with E-state index in [1.165, 1.54) is 42.7 Å². The number of ether oxygens (including phenoxy) is 2. The summed E-state index contributed by atoms with van der Waals surface area (Å²) in [5, 5.41) is 12.1. The second kappa shape index (κ2) is 9.96. The largest absolute Gasteiger partial charge is 0.493 e. The number of anilines is 1. The number of benzene rings is 1. The summed E-state index contributed by atoms with van der Waals surface area (Å²) in [6.45, 7) is 1.23. The highest BCUT2D eigenvalue weighted by Gasteiger charge is 2.14. The molecule has 0 radical (unpaired) electrons. The summed E-state index contributed by atoms with van der Waals surface area (Å²) in [5.74, 6) is 0.0490. The van der Waals surface area contributed by atoms with Crippen molar-refractivity contribution in [1.29, 1.82) is 0 Å². The fourth-order valence-corrected chi connectivity index (χ4v) is 3.40. The highest BCUT2D eigenvalue weighted by molar-refractivity contribution is 7.15. The Morgan fingerprint density at radius 2 is 2.00 bits per heavy atom. The van der Waals surface area contributed by atoms with Crippen LogP contribution in [0.3, 0.4) is 0 Å². The molecule has 2 aromatic rings. The van der Waals surface area contributed by atoms with Gasteiger partial charge < -0.3 is 9.47 Å². The Balaban J connectivity index is 2.02. The van der Waals surface area contributed by atoms with Crippen LogP contribution in [-0.4, -0.2) is 29.8 Å². The molecule has 0 fully saturated rings. The van der Waals surface area contributed by atoms with Gasteiger partial charge in [0.05, 0.1) is 7.11 Å². The highest BCUT2D eigenvalue weighted by Crippen LogP contribution is 2.30. The maximum absolute atomic E-state index is 12.3. The lowest BCUT2D eigenvalue weighted by atomic mass is 10.1. The molecular weight excluding hydrogens is 376 g/mol. The minimum absolute atomic E-state index is 0.0723. The quantitative estimate of drug-likeness (QED) is 0.621. The molecule has 1 amide bonds. The van der Waals surface area contributed by atoms with Crippen molar-refractivity contribution in [3.05, 3.63) is 34.8 Å². The number of amides is 1. The minimum Gasteiger partial charge on any atom is -0.493 e. The maximum atomic E-state index is 12.3. The first-order chi connectivity index (χ1) is 13.0. The number of halogens is 2. The molecule has 0 saturated heterocycles. The first kappa shape index (κ1) is 20.8.